The van der Waals surface area contributed by atoms with Crippen LogP contribution >= 0.6 is 12.2 Å². The van der Waals surface area contributed by atoms with E-state index in [1.54, 1.807) is 0 Å². The van der Waals surface area contributed by atoms with E-state index in [1.165, 1.54) is 0 Å². The molecule has 6 heteroatoms. The average molecular weight is 299 g/mol. The second kappa shape index (κ2) is 6.83. The van der Waals surface area contributed by atoms with Crippen LogP contribution in [0.15, 0.2) is 0 Å². The topological polar surface area (TPSA) is 67.6 Å². The Labute approximate surface area is 126 Å². The SMILES string of the molecule is CCN1CCCC(NC(=O)C2(C(N)=S)CCOCC2)C1. The molecular formula is C14H25N3O2S. The zero-order valence-electron chi connectivity index (χ0n) is 12.2. The number of hydrogen-bond acceptors (Lipinski definition) is 4. The number of likely N-dealkylation sites (N-methyl/N-ethyl adjacent to an activating group) is 1. The fourth-order valence-electron chi connectivity index (χ4n) is 3.09. The summed E-state index contributed by atoms with van der Waals surface area (Å²) in [7, 11) is 0. The molecule has 2 aliphatic heterocycles. The lowest BCUT2D eigenvalue weighted by Crippen LogP contribution is -2.56. The third-order valence-corrected chi connectivity index (χ3v) is 4.93. The molecule has 0 saturated carbocycles. The van der Waals surface area contributed by atoms with E-state index in [0.29, 0.717) is 31.0 Å². The molecule has 5 nitrogen and oxygen atoms in total. The van der Waals surface area contributed by atoms with Gasteiger partial charge in [-0.1, -0.05) is 19.1 Å². The molecule has 1 amide bonds. The van der Waals surface area contributed by atoms with Crippen LogP contribution in [-0.4, -0.2) is 54.7 Å². The standard InChI is InChI=1S/C14H25N3O2S/c1-2-17-7-3-4-11(10-17)16-13(18)14(12(15)20)5-8-19-9-6-14/h11H,2-10H2,1H3,(H2,15,20)(H,16,18). The third-order valence-electron chi connectivity index (χ3n) is 4.54. The van der Waals surface area contributed by atoms with Gasteiger partial charge in [0.2, 0.25) is 5.91 Å². The minimum Gasteiger partial charge on any atom is -0.392 e. The molecule has 114 valence electrons. The zero-order valence-corrected chi connectivity index (χ0v) is 13.0. The minimum atomic E-state index is -0.706. The minimum absolute atomic E-state index is 0.00347. The van der Waals surface area contributed by atoms with Crippen molar-refractivity contribution in [2.75, 3.05) is 32.8 Å². The van der Waals surface area contributed by atoms with E-state index < -0.39 is 5.41 Å². The number of thiocarbonyl (C=S) groups is 1. The van der Waals surface area contributed by atoms with Crippen LogP contribution in [0.5, 0.6) is 0 Å². The van der Waals surface area contributed by atoms with Crippen molar-refractivity contribution >= 4 is 23.1 Å². The van der Waals surface area contributed by atoms with Crippen molar-refractivity contribution in [2.24, 2.45) is 11.1 Å². The summed E-state index contributed by atoms with van der Waals surface area (Å²) >= 11 is 5.17. The van der Waals surface area contributed by atoms with E-state index in [4.69, 9.17) is 22.7 Å². The summed E-state index contributed by atoms with van der Waals surface area (Å²) in [6.07, 6.45) is 3.35. The van der Waals surface area contributed by atoms with Crippen LogP contribution in [0.1, 0.15) is 32.6 Å². The molecule has 2 heterocycles. The summed E-state index contributed by atoms with van der Waals surface area (Å²) in [6.45, 7) is 6.33. The second-order valence-electron chi connectivity index (χ2n) is 5.76. The number of nitrogens with one attached hydrogen (secondary N) is 1. The Hall–Kier alpha value is -0.720. The highest BCUT2D eigenvalue weighted by molar-refractivity contribution is 7.80. The molecule has 0 aromatic heterocycles. The van der Waals surface area contributed by atoms with Crippen LogP contribution in [-0.2, 0) is 9.53 Å². The first-order valence-corrected chi connectivity index (χ1v) is 7.90. The maximum absolute atomic E-state index is 12.7. The van der Waals surface area contributed by atoms with Crippen LogP contribution in [0.4, 0.5) is 0 Å². The van der Waals surface area contributed by atoms with Crippen LogP contribution in [0.25, 0.3) is 0 Å². The second-order valence-corrected chi connectivity index (χ2v) is 6.20. The van der Waals surface area contributed by atoms with Gasteiger partial charge in [0.05, 0.1) is 4.99 Å². The molecule has 0 spiro atoms. The number of ether oxygens (including phenoxy) is 1. The van der Waals surface area contributed by atoms with Gasteiger partial charge in [0.25, 0.3) is 0 Å². The van der Waals surface area contributed by atoms with Crippen molar-refractivity contribution in [1.82, 2.24) is 10.2 Å². The smallest absolute Gasteiger partial charge is 0.233 e. The average Bonchev–Trinajstić information content (AvgIpc) is 2.48. The van der Waals surface area contributed by atoms with Gasteiger partial charge in [-0.3, -0.25) is 4.79 Å². The van der Waals surface area contributed by atoms with Gasteiger partial charge in [0.1, 0.15) is 5.41 Å². The van der Waals surface area contributed by atoms with Crippen molar-refractivity contribution in [1.29, 1.82) is 0 Å². The molecule has 0 aromatic rings. The van der Waals surface area contributed by atoms with E-state index in [1.807, 2.05) is 0 Å². The Kier molecular flexibility index (Phi) is 5.35. The van der Waals surface area contributed by atoms with Gasteiger partial charge in [-0.25, -0.2) is 0 Å². The normalized spacial score (nSPS) is 26.9. The number of nitrogens with two attached hydrogens (primary N) is 1. The molecule has 0 aliphatic carbocycles. The Balaban J connectivity index is 1.99. The van der Waals surface area contributed by atoms with Gasteiger partial charge < -0.3 is 20.7 Å². The summed E-state index contributed by atoms with van der Waals surface area (Å²) in [5, 5.41) is 3.17. The molecule has 20 heavy (non-hydrogen) atoms. The van der Waals surface area contributed by atoms with E-state index in [2.05, 4.69) is 17.1 Å². The highest BCUT2D eigenvalue weighted by atomic mass is 32.1. The van der Waals surface area contributed by atoms with Crippen molar-refractivity contribution < 1.29 is 9.53 Å². The number of likely N-dealkylation sites (tertiary alicyclic amines) is 1. The number of piperidine rings is 1. The van der Waals surface area contributed by atoms with Crippen LogP contribution in [0, 0.1) is 5.41 Å². The van der Waals surface area contributed by atoms with Gasteiger partial charge >= 0.3 is 0 Å². The van der Waals surface area contributed by atoms with Gasteiger partial charge in [-0.15, -0.1) is 0 Å². The summed E-state index contributed by atoms with van der Waals surface area (Å²) in [4.78, 5) is 15.3. The Morgan fingerprint density at radius 3 is 2.80 bits per heavy atom. The van der Waals surface area contributed by atoms with E-state index in [-0.39, 0.29) is 11.9 Å². The number of nitrogens with zero attached hydrogens (tertiary/aromatic N) is 1. The maximum atomic E-state index is 12.7. The molecule has 2 rings (SSSR count). The highest BCUT2D eigenvalue weighted by Gasteiger charge is 2.43. The summed E-state index contributed by atoms with van der Waals surface area (Å²) < 4.78 is 5.35. The van der Waals surface area contributed by atoms with Crippen LogP contribution in [0.3, 0.4) is 0 Å². The van der Waals surface area contributed by atoms with Crippen LogP contribution in [0.2, 0.25) is 0 Å². The molecule has 3 N–H and O–H groups in total. The molecule has 2 saturated heterocycles. The molecule has 0 aromatic carbocycles. The number of rotatable bonds is 4. The maximum Gasteiger partial charge on any atom is 0.233 e. The van der Waals surface area contributed by atoms with Gasteiger partial charge in [-0.05, 0) is 38.8 Å². The fraction of sp³-hybridized carbons (Fsp3) is 0.857. The van der Waals surface area contributed by atoms with E-state index >= 15 is 0 Å². The highest BCUT2D eigenvalue weighted by Crippen LogP contribution is 2.31. The molecule has 0 bridgehead atoms. The lowest BCUT2D eigenvalue weighted by atomic mass is 9.79. The molecule has 2 fully saturated rings. The Morgan fingerprint density at radius 2 is 2.20 bits per heavy atom. The third kappa shape index (κ3) is 3.30. The predicted octanol–water partition coefficient (Wildman–Crippen LogP) is 0.670. The quantitative estimate of drug-likeness (QED) is 0.747. The first kappa shape index (κ1) is 15.7. The van der Waals surface area contributed by atoms with E-state index in [0.717, 1.165) is 32.5 Å². The van der Waals surface area contributed by atoms with Crippen molar-refractivity contribution in [3.05, 3.63) is 0 Å². The fourth-order valence-corrected chi connectivity index (χ4v) is 3.39. The lowest BCUT2D eigenvalue weighted by Gasteiger charge is -2.38. The van der Waals surface area contributed by atoms with Crippen LogP contribution < -0.4 is 11.1 Å². The molecular weight excluding hydrogens is 274 g/mol. The summed E-state index contributed by atoms with van der Waals surface area (Å²) in [5.74, 6) is -0.00347. The molecule has 1 unspecified atom stereocenters. The van der Waals surface area contributed by atoms with Gasteiger partial charge in [0, 0.05) is 25.8 Å². The summed E-state index contributed by atoms with van der Waals surface area (Å²) in [5.41, 5.74) is 5.16. The van der Waals surface area contributed by atoms with Crippen molar-refractivity contribution in [2.45, 2.75) is 38.6 Å². The Morgan fingerprint density at radius 1 is 1.50 bits per heavy atom. The summed E-state index contributed by atoms with van der Waals surface area (Å²) in [6, 6.07) is 0.213. The molecule has 1 atom stereocenters. The Bertz CT molecular complexity index is 369. The monoisotopic (exact) mass is 299 g/mol. The molecule has 2 aliphatic rings. The van der Waals surface area contributed by atoms with Gasteiger partial charge in [-0.2, -0.15) is 0 Å². The number of carbonyl (C=O) groups excluding carboxylic acids is 1. The number of hydrogen-bond donors (Lipinski definition) is 2. The van der Waals surface area contributed by atoms with Gasteiger partial charge in [0.15, 0.2) is 0 Å². The number of amides is 1. The molecule has 0 radical (unpaired) electrons. The van der Waals surface area contributed by atoms with E-state index in [9.17, 15) is 4.79 Å². The number of carbonyl (C=O) groups is 1. The predicted molar refractivity (Wildman–Crippen MR) is 82.6 cm³/mol. The first-order chi connectivity index (χ1) is 9.58. The largest absolute Gasteiger partial charge is 0.392 e. The van der Waals surface area contributed by atoms with Crippen molar-refractivity contribution in [3.8, 4) is 0 Å². The van der Waals surface area contributed by atoms with Crippen molar-refractivity contribution in [3.63, 3.8) is 0 Å². The zero-order chi connectivity index (χ0) is 14.6. The lowest BCUT2D eigenvalue weighted by molar-refractivity contribution is -0.132. The first-order valence-electron chi connectivity index (χ1n) is 7.49.